The van der Waals surface area contributed by atoms with E-state index in [2.05, 4.69) is 30.7 Å². The average Bonchev–Trinajstić information content (AvgIpc) is 2.75. The zero-order valence-electron chi connectivity index (χ0n) is 10.3. The molecule has 1 rings (SSSR count). The fraction of sp³-hybridized carbons (Fsp3) is 0.909. The molecule has 0 aromatic heterocycles. The highest BCUT2D eigenvalue weighted by molar-refractivity contribution is 7.99. The van der Waals surface area contributed by atoms with Crippen molar-refractivity contribution in [3.63, 3.8) is 0 Å². The summed E-state index contributed by atoms with van der Waals surface area (Å²) in [5, 5.41) is 6.85. The Hall–Kier alpha value is 0.0700. The largest absolute Gasteiger partial charge is 0.354 e. The molecule has 3 nitrogen and oxygen atoms in total. The minimum absolute atomic E-state index is 0. The van der Waals surface area contributed by atoms with Gasteiger partial charge in [-0.1, -0.05) is 13.8 Å². The third-order valence-electron chi connectivity index (χ3n) is 3.35. The summed E-state index contributed by atoms with van der Waals surface area (Å²) in [6.45, 7) is 6.82. The summed E-state index contributed by atoms with van der Waals surface area (Å²) in [6.07, 6.45) is 3.98. The van der Waals surface area contributed by atoms with E-state index in [1.54, 1.807) is 11.8 Å². The number of hydrogen-bond acceptors (Lipinski definition) is 3. The lowest BCUT2D eigenvalue weighted by Gasteiger charge is -2.25. The molecular formula is C11H23ClN2OS. The molecule has 1 saturated heterocycles. The van der Waals surface area contributed by atoms with E-state index in [-0.39, 0.29) is 23.7 Å². The van der Waals surface area contributed by atoms with E-state index in [0.717, 1.165) is 32.5 Å². The minimum Gasteiger partial charge on any atom is -0.354 e. The van der Waals surface area contributed by atoms with Crippen LogP contribution in [0.25, 0.3) is 0 Å². The van der Waals surface area contributed by atoms with Crippen molar-refractivity contribution in [1.82, 2.24) is 10.6 Å². The number of nitrogens with one attached hydrogen (secondary N) is 2. The van der Waals surface area contributed by atoms with Crippen molar-refractivity contribution in [3.8, 4) is 0 Å². The van der Waals surface area contributed by atoms with Crippen LogP contribution < -0.4 is 10.6 Å². The monoisotopic (exact) mass is 266 g/mol. The van der Waals surface area contributed by atoms with Crippen LogP contribution in [0.1, 0.15) is 26.7 Å². The summed E-state index contributed by atoms with van der Waals surface area (Å²) in [7, 11) is 0. The van der Waals surface area contributed by atoms with Gasteiger partial charge in [0.1, 0.15) is 0 Å². The van der Waals surface area contributed by atoms with Gasteiger partial charge in [0.25, 0.3) is 0 Å². The second kappa shape index (κ2) is 7.41. The third kappa shape index (κ3) is 3.82. The van der Waals surface area contributed by atoms with Crippen molar-refractivity contribution < 1.29 is 4.79 Å². The minimum atomic E-state index is -0.141. The molecule has 2 N–H and O–H groups in total. The maximum atomic E-state index is 12.1. The van der Waals surface area contributed by atoms with Gasteiger partial charge >= 0.3 is 0 Å². The molecule has 1 heterocycles. The highest BCUT2D eigenvalue weighted by Gasteiger charge is 2.39. The van der Waals surface area contributed by atoms with Crippen molar-refractivity contribution in [2.24, 2.45) is 5.41 Å². The fourth-order valence-corrected chi connectivity index (χ4v) is 2.16. The predicted molar refractivity (Wildman–Crippen MR) is 73.4 cm³/mol. The summed E-state index contributed by atoms with van der Waals surface area (Å²) >= 11 is 1.79. The number of amides is 1. The molecule has 0 spiro atoms. The molecule has 2 atom stereocenters. The first-order valence-corrected chi connectivity index (χ1v) is 6.95. The predicted octanol–water partition coefficient (Wildman–Crippen LogP) is 1.67. The molecular weight excluding hydrogens is 244 g/mol. The molecule has 0 saturated carbocycles. The number of carbonyl (C=O) groups excluding carboxylic acids is 1. The summed E-state index contributed by atoms with van der Waals surface area (Å²) < 4.78 is 0. The van der Waals surface area contributed by atoms with E-state index >= 15 is 0 Å². The molecule has 0 aromatic rings. The molecule has 1 fully saturated rings. The normalized spacial score (nSPS) is 25.9. The molecule has 0 aromatic carbocycles. The fourth-order valence-electron chi connectivity index (χ4n) is 1.91. The Bertz CT molecular complexity index is 220. The summed E-state index contributed by atoms with van der Waals surface area (Å²) in [4.78, 5) is 12.1. The standard InChI is InChI=1S/C11H22N2OS.ClH/c1-4-11(5-6-12-8-11)10(14)13-7-9(2)15-3;/h9,12H,4-8H2,1-3H3,(H,13,14);1H. The molecule has 1 aliphatic rings. The van der Waals surface area contributed by atoms with E-state index in [4.69, 9.17) is 0 Å². The van der Waals surface area contributed by atoms with Gasteiger partial charge in [-0.3, -0.25) is 4.79 Å². The van der Waals surface area contributed by atoms with E-state index in [0.29, 0.717) is 5.25 Å². The van der Waals surface area contributed by atoms with Gasteiger partial charge in [-0.05, 0) is 25.6 Å². The van der Waals surface area contributed by atoms with E-state index in [1.807, 2.05) is 0 Å². The van der Waals surface area contributed by atoms with Crippen molar-refractivity contribution in [3.05, 3.63) is 0 Å². The maximum absolute atomic E-state index is 12.1. The van der Waals surface area contributed by atoms with Crippen molar-refractivity contribution in [1.29, 1.82) is 0 Å². The van der Waals surface area contributed by atoms with Gasteiger partial charge in [0.15, 0.2) is 0 Å². The van der Waals surface area contributed by atoms with E-state index in [1.165, 1.54) is 0 Å². The molecule has 0 bridgehead atoms. The van der Waals surface area contributed by atoms with Gasteiger partial charge in [-0.15, -0.1) is 12.4 Å². The van der Waals surface area contributed by atoms with Gasteiger partial charge < -0.3 is 10.6 Å². The van der Waals surface area contributed by atoms with Crippen LogP contribution in [0.3, 0.4) is 0 Å². The number of rotatable bonds is 5. The molecule has 1 amide bonds. The number of carbonyl (C=O) groups is 1. The number of thioether (sulfide) groups is 1. The highest BCUT2D eigenvalue weighted by atomic mass is 35.5. The third-order valence-corrected chi connectivity index (χ3v) is 4.33. The Kier molecular flexibility index (Phi) is 7.44. The Morgan fingerprint density at radius 3 is 2.75 bits per heavy atom. The van der Waals surface area contributed by atoms with E-state index < -0.39 is 0 Å². The zero-order valence-corrected chi connectivity index (χ0v) is 12.0. The smallest absolute Gasteiger partial charge is 0.227 e. The van der Waals surface area contributed by atoms with Crippen molar-refractivity contribution in [2.45, 2.75) is 31.9 Å². The SMILES string of the molecule is CCC1(C(=O)NCC(C)SC)CCNC1.Cl. The Labute approximate surface area is 109 Å². The van der Waals surface area contributed by atoms with Crippen molar-refractivity contribution in [2.75, 3.05) is 25.9 Å². The number of hydrogen-bond donors (Lipinski definition) is 2. The van der Waals surface area contributed by atoms with Crippen molar-refractivity contribution >= 4 is 30.1 Å². The molecule has 0 radical (unpaired) electrons. The summed E-state index contributed by atoms with van der Waals surface area (Å²) in [5.74, 6) is 0.232. The van der Waals surface area contributed by atoms with Crippen LogP contribution in [0.4, 0.5) is 0 Å². The summed E-state index contributed by atoms with van der Waals surface area (Å²) in [5.41, 5.74) is -0.141. The maximum Gasteiger partial charge on any atom is 0.227 e. The Balaban J connectivity index is 0.00000225. The highest BCUT2D eigenvalue weighted by Crippen LogP contribution is 2.29. The zero-order chi connectivity index (χ0) is 11.3. The lowest BCUT2D eigenvalue weighted by Crippen LogP contribution is -2.43. The van der Waals surface area contributed by atoms with Gasteiger partial charge in [0.05, 0.1) is 5.41 Å². The molecule has 16 heavy (non-hydrogen) atoms. The van der Waals surface area contributed by atoms with Crippen LogP contribution >= 0.6 is 24.2 Å². The average molecular weight is 267 g/mol. The van der Waals surface area contributed by atoms with Crippen LogP contribution in [0.15, 0.2) is 0 Å². The quantitative estimate of drug-likeness (QED) is 0.795. The van der Waals surface area contributed by atoms with Crippen LogP contribution in [0, 0.1) is 5.41 Å². The Morgan fingerprint density at radius 2 is 2.31 bits per heavy atom. The first kappa shape index (κ1) is 16.1. The van der Waals surface area contributed by atoms with E-state index in [9.17, 15) is 4.79 Å². The van der Waals surface area contributed by atoms with Gasteiger partial charge in [-0.25, -0.2) is 0 Å². The molecule has 5 heteroatoms. The lowest BCUT2D eigenvalue weighted by atomic mass is 9.83. The molecule has 2 unspecified atom stereocenters. The number of halogens is 1. The van der Waals surface area contributed by atoms with Crippen LogP contribution in [0.2, 0.25) is 0 Å². The molecule has 0 aliphatic carbocycles. The molecule has 96 valence electrons. The van der Waals surface area contributed by atoms with Crippen LogP contribution in [-0.2, 0) is 4.79 Å². The second-order valence-corrected chi connectivity index (χ2v) is 5.59. The Morgan fingerprint density at radius 1 is 1.62 bits per heavy atom. The second-order valence-electron chi connectivity index (χ2n) is 4.32. The van der Waals surface area contributed by atoms with Gasteiger partial charge in [0.2, 0.25) is 5.91 Å². The molecule has 1 aliphatic heterocycles. The van der Waals surface area contributed by atoms with Crippen LogP contribution in [-0.4, -0.2) is 37.0 Å². The van der Waals surface area contributed by atoms with Gasteiger partial charge in [0, 0.05) is 18.3 Å². The topological polar surface area (TPSA) is 41.1 Å². The first-order valence-electron chi connectivity index (χ1n) is 5.66. The van der Waals surface area contributed by atoms with Gasteiger partial charge in [-0.2, -0.15) is 11.8 Å². The van der Waals surface area contributed by atoms with Crippen LogP contribution in [0.5, 0.6) is 0 Å². The lowest BCUT2D eigenvalue weighted by molar-refractivity contribution is -0.130. The first-order chi connectivity index (χ1) is 7.14. The summed E-state index contributed by atoms with van der Waals surface area (Å²) in [6, 6.07) is 0.